The Kier molecular flexibility index (Phi) is 4.02. The lowest BCUT2D eigenvalue weighted by Crippen LogP contribution is -1.96. The topological polar surface area (TPSA) is 107 Å². The van der Waals surface area contributed by atoms with Gasteiger partial charge in [-0.3, -0.25) is 0 Å². The van der Waals surface area contributed by atoms with Crippen molar-refractivity contribution in [3.05, 3.63) is 30.3 Å². The molecule has 24 heavy (non-hydrogen) atoms. The maximum absolute atomic E-state index is 11.5. The second-order valence-corrected chi connectivity index (χ2v) is 6.98. The SMILES string of the molecule is COc1ccc(-c2noc(-c3ccc(S(C)(=O)=O)[nH]3)n2)c(OC)c1. The number of ether oxygens (including phenoxy) is 2. The molecule has 0 atom stereocenters. The Hall–Kier alpha value is -2.81. The number of H-pyrrole nitrogens is 1. The van der Waals surface area contributed by atoms with Crippen LogP contribution in [-0.4, -0.2) is 44.0 Å². The number of nitrogens with one attached hydrogen (secondary N) is 1. The third-order valence-electron chi connectivity index (χ3n) is 3.36. The van der Waals surface area contributed by atoms with Crippen molar-refractivity contribution in [2.45, 2.75) is 5.03 Å². The highest BCUT2D eigenvalue weighted by molar-refractivity contribution is 7.90. The third-order valence-corrected chi connectivity index (χ3v) is 4.40. The summed E-state index contributed by atoms with van der Waals surface area (Å²) in [6.07, 6.45) is 1.12. The van der Waals surface area contributed by atoms with Crippen LogP contribution >= 0.6 is 0 Å². The predicted octanol–water partition coefficient (Wildman–Crippen LogP) is 2.15. The van der Waals surface area contributed by atoms with E-state index >= 15 is 0 Å². The van der Waals surface area contributed by atoms with E-state index in [1.54, 1.807) is 31.4 Å². The van der Waals surface area contributed by atoms with Crippen LogP contribution in [0, 0.1) is 0 Å². The number of sulfone groups is 1. The molecule has 3 aromatic rings. The van der Waals surface area contributed by atoms with Crippen LogP contribution in [0.2, 0.25) is 0 Å². The average Bonchev–Trinajstić information content (AvgIpc) is 3.22. The lowest BCUT2D eigenvalue weighted by Gasteiger charge is -2.07. The zero-order chi connectivity index (χ0) is 17.3. The second kappa shape index (κ2) is 6.00. The molecular weight excluding hydrogens is 334 g/mol. The van der Waals surface area contributed by atoms with Crippen molar-refractivity contribution in [3.8, 4) is 34.5 Å². The van der Waals surface area contributed by atoms with Gasteiger partial charge in [-0.25, -0.2) is 8.42 Å². The number of hydrogen-bond acceptors (Lipinski definition) is 7. The van der Waals surface area contributed by atoms with Gasteiger partial charge in [-0.1, -0.05) is 5.16 Å². The van der Waals surface area contributed by atoms with Gasteiger partial charge in [-0.2, -0.15) is 4.98 Å². The molecule has 126 valence electrons. The average molecular weight is 349 g/mol. The second-order valence-electron chi connectivity index (χ2n) is 5.00. The number of aromatic nitrogens is 3. The van der Waals surface area contributed by atoms with Gasteiger partial charge in [-0.05, 0) is 24.3 Å². The Morgan fingerprint density at radius 1 is 1.12 bits per heavy atom. The van der Waals surface area contributed by atoms with Crippen LogP contribution in [0.1, 0.15) is 0 Å². The highest BCUT2D eigenvalue weighted by Crippen LogP contribution is 2.32. The van der Waals surface area contributed by atoms with Crippen molar-refractivity contribution in [1.29, 1.82) is 0 Å². The first-order valence-corrected chi connectivity index (χ1v) is 8.77. The maximum Gasteiger partial charge on any atom is 0.274 e. The summed E-state index contributed by atoms with van der Waals surface area (Å²) in [5.74, 6) is 1.67. The molecule has 0 saturated heterocycles. The summed E-state index contributed by atoms with van der Waals surface area (Å²) >= 11 is 0. The molecule has 0 unspecified atom stereocenters. The molecule has 0 bridgehead atoms. The molecule has 9 heteroatoms. The van der Waals surface area contributed by atoms with Gasteiger partial charge in [-0.15, -0.1) is 0 Å². The van der Waals surface area contributed by atoms with Crippen molar-refractivity contribution in [2.75, 3.05) is 20.5 Å². The van der Waals surface area contributed by atoms with Crippen LogP contribution in [-0.2, 0) is 9.84 Å². The summed E-state index contributed by atoms with van der Waals surface area (Å²) in [7, 11) is -0.242. The Morgan fingerprint density at radius 3 is 2.54 bits per heavy atom. The van der Waals surface area contributed by atoms with Gasteiger partial charge >= 0.3 is 0 Å². The van der Waals surface area contributed by atoms with Crippen LogP contribution in [0.25, 0.3) is 23.0 Å². The summed E-state index contributed by atoms with van der Waals surface area (Å²) in [6, 6.07) is 8.23. The van der Waals surface area contributed by atoms with Gasteiger partial charge in [0.25, 0.3) is 5.89 Å². The molecule has 0 saturated carbocycles. The van der Waals surface area contributed by atoms with E-state index in [9.17, 15) is 8.42 Å². The Balaban J connectivity index is 1.98. The predicted molar refractivity (Wildman–Crippen MR) is 85.7 cm³/mol. The number of nitrogens with zero attached hydrogens (tertiary/aromatic N) is 2. The summed E-state index contributed by atoms with van der Waals surface area (Å²) < 4.78 is 38.7. The number of benzene rings is 1. The van der Waals surface area contributed by atoms with E-state index in [2.05, 4.69) is 15.1 Å². The first-order chi connectivity index (χ1) is 11.4. The maximum atomic E-state index is 11.5. The summed E-state index contributed by atoms with van der Waals surface area (Å²) in [5, 5.41) is 4.00. The molecule has 1 N–H and O–H groups in total. The fraction of sp³-hybridized carbons (Fsp3) is 0.200. The van der Waals surface area contributed by atoms with Gasteiger partial charge in [0.1, 0.15) is 22.2 Å². The molecule has 0 aliphatic carbocycles. The van der Waals surface area contributed by atoms with E-state index in [0.717, 1.165) is 6.26 Å². The van der Waals surface area contributed by atoms with Crippen LogP contribution in [0.4, 0.5) is 0 Å². The number of hydrogen-bond donors (Lipinski definition) is 1. The van der Waals surface area contributed by atoms with E-state index in [1.807, 2.05) is 0 Å². The van der Waals surface area contributed by atoms with E-state index in [1.165, 1.54) is 13.2 Å². The minimum absolute atomic E-state index is 0.0827. The van der Waals surface area contributed by atoms with Crippen LogP contribution in [0.5, 0.6) is 11.5 Å². The largest absolute Gasteiger partial charge is 0.497 e. The molecule has 2 aromatic heterocycles. The monoisotopic (exact) mass is 349 g/mol. The molecule has 0 aliphatic rings. The molecule has 0 spiro atoms. The molecule has 0 fully saturated rings. The van der Waals surface area contributed by atoms with Gasteiger partial charge in [0.2, 0.25) is 5.82 Å². The minimum Gasteiger partial charge on any atom is -0.497 e. The highest BCUT2D eigenvalue weighted by Gasteiger charge is 2.18. The van der Waals surface area contributed by atoms with Gasteiger partial charge in [0.15, 0.2) is 9.84 Å². The first kappa shape index (κ1) is 16.1. The summed E-state index contributed by atoms with van der Waals surface area (Å²) in [4.78, 5) is 7.03. The van der Waals surface area contributed by atoms with Crippen molar-refractivity contribution < 1.29 is 22.4 Å². The van der Waals surface area contributed by atoms with E-state index < -0.39 is 9.84 Å². The smallest absolute Gasteiger partial charge is 0.274 e. The molecule has 8 nitrogen and oxygen atoms in total. The minimum atomic E-state index is -3.33. The van der Waals surface area contributed by atoms with Gasteiger partial charge in [0, 0.05) is 12.3 Å². The van der Waals surface area contributed by atoms with Gasteiger partial charge in [0.05, 0.1) is 19.8 Å². The quantitative estimate of drug-likeness (QED) is 0.752. The molecule has 1 aromatic carbocycles. The van der Waals surface area contributed by atoms with Crippen molar-refractivity contribution in [2.24, 2.45) is 0 Å². The van der Waals surface area contributed by atoms with Crippen LogP contribution in [0.3, 0.4) is 0 Å². The summed E-state index contributed by atoms with van der Waals surface area (Å²) in [5.41, 5.74) is 1.05. The van der Waals surface area contributed by atoms with E-state index in [-0.39, 0.29) is 10.9 Å². The van der Waals surface area contributed by atoms with E-state index in [4.69, 9.17) is 14.0 Å². The third kappa shape index (κ3) is 2.98. The fourth-order valence-corrected chi connectivity index (χ4v) is 2.75. The zero-order valence-electron chi connectivity index (χ0n) is 13.2. The Bertz CT molecular complexity index is 975. The molecule has 2 heterocycles. The number of methoxy groups -OCH3 is 2. The van der Waals surface area contributed by atoms with Crippen molar-refractivity contribution >= 4 is 9.84 Å². The Labute approximate surface area is 138 Å². The first-order valence-electron chi connectivity index (χ1n) is 6.88. The van der Waals surface area contributed by atoms with Crippen molar-refractivity contribution in [1.82, 2.24) is 15.1 Å². The standard InChI is InChI=1S/C15H15N3O5S/c1-21-9-4-5-10(12(8-9)22-2)14-17-15(23-18-14)11-6-7-13(16-11)24(3,19)20/h4-8,16H,1-3H3. The van der Waals surface area contributed by atoms with Crippen molar-refractivity contribution in [3.63, 3.8) is 0 Å². The normalized spacial score (nSPS) is 11.5. The van der Waals surface area contributed by atoms with E-state index in [0.29, 0.717) is 28.6 Å². The Morgan fingerprint density at radius 2 is 1.92 bits per heavy atom. The van der Waals surface area contributed by atoms with Crippen LogP contribution < -0.4 is 9.47 Å². The molecule has 0 aliphatic heterocycles. The fourth-order valence-electron chi connectivity index (χ4n) is 2.14. The number of rotatable bonds is 5. The zero-order valence-corrected chi connectivity index (χ0v) is 14.0. The molecule has 3 rings (SSSR count). The molecule has 0 amide bonds. The van der Waals surface area contributed by atoms with Crippen LogP contribution in [0.15, 0.2) is 39.9 Å². The number of aromatic amines is 1. The molecular formula is C15H15N3O5S. The lowest BCUT2D eigenvalue weighted by molar-refractivity contribution is 0.394. The lowest BCUT2D eigenvalue weighted by atomic mass is 10.2. The van der Waals surface area contributed by atoms with Gasteiger partial charge < -0.3 is 19.0 Å². The molecule has 0 radical (unpaired) electrons. The highest BCUT2D eigenvalue weighted by atomic mass is 32.2. The summed E-state index contributed by atoms with van der Waals surface area (Å²) in [6.45, 7) is 0.